The molecule has 0 spiro atoms. The molecule has 5 rings (SSSR count). The Labute approximate surface area is 178 Å². The van der Waals surface area contributed by atoms with Crippen molar-refractivity contribution in [2.24, 2.45) is 23.7 Å². The van der Waals surface area contributed by atoms with E-state index in [0.717, 1.165) is 21.6 Å². The Morgan fingerprint density at radius 2 is 1.61 bits per heavy atom. The summed E-state index contributed by atoms with van der Waals surface area (Å²) in [6, 6.07) is 14.1. The summed E-state index contributed by atoms with van der Waals surface area (Å²) >= 11 is 0. The Kier molecular flexibility index (Phi) is 4.28. The molecule has 2 fully saturated rings. The van der Waals surface area contributed by atoms with Gasteiger partial charge in [0.25, 0.3) is 5.69 Å². The number of carbonyl (C=O) groups excluding carboxylic acids is 2. The van der Waals surface area contributed by atoms with Crippen molar-refractivity contribution in [3.05, 3.63) is 81.9 Å². The van der Waals surface area contributed by atoms with E-state index in [1.54, 1.807) is 0 Å². The summed E-state index contributed by atoms with van der Waals surface area (Å²) in [6.07, 6.45) is 4.01. The van der Waals surface area contributed by atoms with Crippen molar-refractivity contribution in [3.63, 3.8) is 0 Å². The molecule has 0 aromatic heterocycles. The first-order valence-corrected chi connectivity index (χ1v) is 10.1. The number of methoxy groups -OCH3 is 1. The van der Waals surface area contributed by atoms with E-state index < -0.39 is 16.8 Å². The second kappa shape index (κ2) is 6.91. The van der Waals surface area contributed by atoms with Crippen molar-refractivity contribution in [1.82, 2.24) is 0 Å². The Morgan fingerprint density at radius 1 is 1.00 bits per heavy atom. The molecule has 0 N–H and O–H groups in total. The van der Waals surface area contributed by atoms with Crippen LogP contribution in [0.1, 0.15) is 12.5 Å². The highest BCUT2D eigenvalue weighted by molar-refractivity contribution is 6.24. The van der Waals surface area contributed by atoms with Crippen LogP contribution in [-0.4, -0.2) is 23.8 Å². The summed E-state index contributed by atoms with van der Waals surface area (Å²) in [6.45, 7) is 2.03. The van der Waals surface area contributed by atoms with Crippen LogP contribution in [0.5, 0.6) is 5.75 Å². The molecule has 7 nitrogen and oxygen atoms in total. The van der Waals surface area contributed by atoms with E-state index in [-0.39, 0.29) is 35.0 Å². The van der Waals surface area contributed by atoms with Crippen LogP contribution in [0.3, 0.4) is 0 Å². The lowest BCUT2D eigenvalue weighted by atomic mass is 9.85. The van der Waals surface area contributed by atoms with Gasteiger partial charge < -0.3 is 4.74 Å². The van der Waals surface area contributed by atoms with Gasteiger partial charge in [0, 0.05) is 11.8 Å². The molecule has 0 radical (unpaired) electrons. The van der Waals surface area contributed by atoms with Gasteiger partial charge in [-0.05, 0) is 30.2 Å². The highest BCUT2D eigenvalue weighted by atomic mass is 16.6. The number of hydrogen-bond acceptors (Lipinski definition) is 5. The third kappa shape index (κ3) is 2.66. The number of nitro benzene ring substituents is 1. The van der Waals surface area contributed by atoms with Crippen LogP contribution >= 0.6 is 0 Å². The topological polar surface area (TPSA) is 89.8 Å². The van der Waals surface area contributed by atoms with Gasteiger partial charge in [-0.2, -0.15) is 0 Å². The van der Waals surface area contributed by atoms with Crippen LogP contribution in [0, 0.1) is 33.8 Å². The number of nitrogens with zero attached hydrogens (tertiary/aromatic N) is 2. The molecule has 0 unspecified atom stereocenters. The number of amides is 2. The SMILES string of the molecule is COc1ccc(N2C(=O)[C@@H]3[C@H](C2=O)[C@H]2C=C[C@H]3C2=C(C)c2ccccc2)c([N+](=O)[O-])c1. The Morgan fingerprint density at radius 3 is 2.16 bits per heavy atom. The first kappa shape index (κ1) is 19.2. The lowest BCUT2D eigenvalue weighted by Gasteiger charge is -2.20. The van der Waals surface area contributed by atoms with E-state index in [2.05, 4.69) is 0 Å². The number of benzene rings is 2. The molecule has 31 heavy (non-hydrogen) atoms. The minimum Gasteiger partial charge on any atom is -0.496 e. The second-order valence-corrected chi connectivity index (χ2v) is 8.06. The summed E-state index contributed by atoms with van der Waals surface area (Å²) in [5.74, 6) is -1.87. The molecular formula is C24H20N2O5. The third-order valence-corrected chi connectivity index (χ3v) is 6.68. The van der Waals surface area contributed by atoms with Gasteiger partial charge in [0.2, 0.25) is 11.8 Å². The quantitative estimate of drug-likeness (QED) is 0.325. The van der Waals surface area contributed by atoms with Crippen LogP contribution in [0.2, 0.25) is 0 Å². The molecule has 3 aliphatic rings. The zero-order valence-electron chi connectivity index (χ0n) is 17.0. The second-order valence-electron chi connectivity index (χ2n) is 8.06. The molecule has 2 aromatic rings. The standard InChI is InChI=1S/C24H20N2O5/c1-13(14-6-4-3-5-7-14)20-16-9-10-17(20)22-21(16)23(27)25(24(22)28)18-11-8-15(31-2)12-19(18)26(29)30/h3-12,16-17,21-22H,1-2H3/t16-,17-,21-,22+/m0/s1. The largest absolute Gasteiger partial charge is 0.496 e. The van der Waals surface area contributed by atoms with Crippen LogP contribution in [0.25, 0.3) is 5.57 Å². The summed E-state index contributed by atoms with van der Waals surface area (Å²) in [5.41, 5.74) is 2.93. The molecule has 156 valence electrons. The van der Waals surface area contributed by atoms with E-state index in [1.807, 2.05) is 49.4 Å². The molecule has 2 amide bonds. The van der Waals surface area contributed by atoms with Gasteiger partial charge in [-0.1, -0.05) is 48.1 Å². The Balaban J connectivity index is 1.56. The van der Waals surface area contributed by atoms with Crippen molar-refractivity contribution in [3.8, 4) is 5.75 Å². The zero-order chi connectivity index (χ0) is 21.9. The Hall–Kier alpha value is -3.74. The van der Waals surface area contributed by atoms with Gasteiger partial charge in [-0.15, -0.1) is 0 Å². The van der Waals surface area contributed by atoms with Crippen molar-refractivity contribution >= 4 is 28.8 Å². The predicted octanol–water partition coefficient (Wildman–Crippen LogP) is 4.00. The monoisotopic (exact) mass is 416 g/mol. The molecule has 7 heteroatoms. The number of rotatable bonds is 4. The minimum absolute atomic E-state index is 0.0000825. The first-order valence-electron chi connectivity index (χ1n) is 10.1. The van der Waals surface area contributed by atoms with Crippen LogP contribution in [0.15, 0.2) is 66.3 Å². The summed E-state index contributed by atoms with van der Waals surface area (Å²) in [7, 11) is 1.40. The molecule has 1 heterocycles. The molecule has 4 atom stereocenters. The van der Waals surface area contributed by atoms with Crippen molar-refractivity contribution in [1.29, 1.82) is 0 Å². The van der Waals surface area contributed by atoms with Crippen LogP contribution in [-0.2, 0) is 9.59 Å². The molecule has 1 aliphatic heterocycles. The van der Waals surface area contributed by atoms with E-state index in [0.29, 0.717) is 5.75 Å². The van der Waals surface area contributed by atoms with Gasteiger partial charge >= 0.3 is 0 Å². The maximum absolute atomic E-state index is 13.4. The fraction of sp³-hybridized carbons (Fsp3) is 0.250. The lowest BCUT2D eigenvalue weighted by Crippen LogP contribution is -2.33. The van der Waals surface area contributed by atoms with Gasteiger partial charge in [-0.25, -0.2) is 4.90 Å². The number of fused-ring (bicyclic) bond motifs is 5. The fourth-order valence-electron chi connectivity index (χ4n) is 5.32. The molecule has 1 saturated heterocycles. The number of anilines is 1. The van der Waals surface area contributed by atoms with Crippen molar-refractivity contribution < 1.29 is 19.2 Å². The van der Waals surface area contributed by atoms with Crippen LogP contribution < -0.4 is 9.64 Å². The Bertz CT molecular complexity index is 1150. The molecule has 2 aromatic carbocycles. The summed E-state index contributed by atoms with van der Waals surface area (Å²) in [4.78, 5) is 38.9. The number of allylic oxidation sites excluding steroid dienone is 4. The number of hydrogen-bond donors (Lipinski definition) is 0. The normalized spacial score (nSPS) is 27.6. The van der Waals surface area contributed by atoms with Gasteiger partial charge in [0.15, 0.2) is 0 Å². The van der Waals surface area contributed by atoms with E-state index in [4.69, 9.17) is 4.74 Å². The summed E-state index contributed by atoms with van der Waals surface area (Å²) < 4.78 is 5.07. The first-order chi connectivity index (χ1) is 14.9. The van der Waals surface area contributed by atoms with Crippen LogP contribution in [0.4, 0.5) is 11.4 Å². The van der Waals surface area contributed by atoms with E-state index >= 15 is 0 Å². The van der Waals surface area contributed by atoms with E-state index in [9.17, 15) is 19.7 Å². The number of carbonyl (C=O) groups is 2. The van der Waals surface area contributed by atoms with Gasteiger partial charge in [-0.3, -0.25) is 19.7 Å². The molecule has 1 saturated carbocycles. The zero-order valence-corrected chi connectivity index (χ0v) is 17.0. The summed E-state index contributed by atoms with van der Waals surface area (Å²) in [5, 5.41) is 11.6. The smallest absolute Gasteiger partial charge is 0.297 e. The average molecular weight is 416 g/mol. The van der Waals surface area contributed by atoms with E-state index in [1.165, 1.54) is 25.3 Å². The molecule has 2 bridgehead atoms. The lowest BCUT2D eigenvalue weighted by molar-refractivity contribution is -0.384. The van der Waals surface area contributed by atoms with Crippen molar-refractivity contribution in [2.75, 3.05) is 12.0 Å². The number of nitro groups is 1. The molecule has 2 aliphatic carbocycles. The van der Waals surface area contributed by atoms with Gasteiger partial charge in [0.1, 0.15) is 11.4 Å². The fourth-order valence-corrected chi connectivity index (χ4v) is 5.32. The predicted molar refractivity (Wildman–Crippen MR) is 114 cm³/mol. The third-order valence-electron chi connectivity index (χ3n) is 6.68. The van der Waals surface area contributed by atoms with Gasteiger partial charge in [0.05, 0.1) is 29.9 Å². The highest BCUT2D eigenvalue weighted by Gasteiger charge is 2.62. The minimum atomic E-state index is -0.593. The highest BCUT2D eigenvalue weighted by Crippen LogP contribution is 2.58. The number of ether oxygens (including phenoxy) is 1. The van der Waals surface area contributed by atoms with Crippen molar-refractivity contribution in [2.45, 2.75) is 6.92 Å². The maximum atomic E-state index is 13.4. The average Bonchev–Trinajstić information content (AvgIpc) is 3.43. The molecular weight excluding hydrogens is 396 g/mol. The number of imide groups is 1. The maximum Gasteiger partial charge on any atom is 0.297 e.